The topological polar surface area (TPSA) is 455 Å². The summed E-state index contributed by atoms with van der Waals surface area (Å²) in [5, 5.41) is 17.3. The van der Waals surface area contributed by atoms with Gasteiger partial charge in [-0.2, -0.15) is 11.8 Å². The van der Waals surface area contributed by atoms with Crippen LogP contribution in [0.4, 0.5) is 19.2 Å². The van der Waals surface area contributed by atoms with Gasteiger partial charge in [-0.1, -0.05) is 0 Å². The van der Waals surface area contributed by atoms with Crippen LogP contribution in [0.1, 0.15) is 221 Å². The first-order chi connectivity index (χ1) is 44.2. The number of primary amides is 2. The SMILES string of the molecule is CSCC[C@H](NC(=O)[C@H](CCC(=O)OC(C)(C)C)CC(=O)[C@H](CCC(=O)OC(C)(C)C)NC(C)=O)C(=O)C[C@@H](CCC(N)=O)C(=O)N[C@@H](CCCN=C(NC(=O)OC(C)(C)C)NC(=O)OC(C)(C)C)C(=O)C[C@@H](CCCN=C(NC(=O)OC(C)(C)C)NC(=O)OC(C)(C)C)C(N)=O. The number of nitrogens with zero attached hydrogens (tertiary/aromatic N) is 2. The van der Waals surface area contributed by atoms with E-state index in [9.17, 15) is 67.1 Å². The monoisotopic (exact) mass is 1400 g/mol. The Kier molecular flexibility index (Phi) is 38.0. The summed E-state index contributed by atoms with van der Waals surface area (Å²) < 4.78 is 32.2. The molecule has 11 N–H and O–H groups in total. The lowest BCUT2D eigenvalue weighted by molar-refractivity contribution is -0.156. The van der Waals surface area contributed by atoms with E-state index >= 15 is 0 Å². The average molecular weight is 1400 g/mol. The highest BCUT2D eigenvalue weighted by atomic mass is 32.2. The Balaban J connectivity index is 7.61. The molecule has 0 unspecified atom stereocenters. The molecule has 97 heavy (non-hydrogen) atoms. The minimum absolute atomic E-state index is 0.0240. The highest BCUT2D eigenvalue weighted by Gasteiger charge is 2.36. The number of aliphatic imine (C=N–C) groups is 2. The number of hydrogen-bond acceptors (Lipinski definition) is 23. The van der Waals surface area contributed by atoms with Crippen LogP contribution in [0, 0.1) is 17.8 Å². The second-order valence-corrected chi connectivity index (χ2v) is 30.2. The molecule has 0 aromatic rings. The van der Waals surface area contributed by atoms with E-state index in [0.29, 0.717) is 0 Å². The van der Waals surface area contributed by atoms with Crippen LogP contribution in [0.2, 0.25) is 0 Å². The Morgan fingerprint density at radius 3 is 1.02 bits per heavy atom. The van der Waals surface area contributed by atoms with E-state index in [4.69, 9.17) is 39.9 Å². The maximum Gasteiger partial charge on any atom is 0.414 e. The average Bonchev–Trinajstić information content (AvgIpc) is 0.877. The highest BCUT2D eigenvalue weighted by molar-refractivity contribution is 7.98. The lowest BCUT2D eigenvalue weighted by atomic mass is 9.89. The molecule has 32 heteroatoms. The molecule has 0 radical (unpaired) electrons. The van der Waals surface area contributed by atoms with Gasteiger partial charge in [0.15, 0.2) is 17.3 Å². The zero-order chi connectivity index (χ0) is 75.0. The molecule has 0 heterocycles. The third-order valence-electron chi connectivity index (χ3n) is 12.6. The van der Waals surface area contributed by atoms with Gasteiger partial charge >= 0.3 is 36.3 Å². The van der Waals surface area contributed by atoms with E-state index in [1.165, 1.54) is 11.8 Å². The number of rotatable bonds is 35. The summed E-state index contributed by atoms with van der Waals surface area (Å²) in [5.74, 6) is -12.1. The minimum Gasteiger partial charge on any atom is -0.460 e. The molecule has 0 spiro atoms. The number of guanidine groups is 2. The van der Waals surface area contributed by atoms with Crippen LogP contribution in [0.3, 0.4) is 0 Å². The van der Waals surface area contributed by atoms with Gasteiger partial charge in [0.2, 0.25) is 41.5 Å². The number of carbonyl (C=O) groups is 14. The van der Waals surface area contributed by atoms with Crippen molar-refractivity contribution in [1.29, 1.82) is 0 Å². The number of esters is 2. The second-order valence-electron chi connectivity index (χ2n) is 29.2. The molecule has 0 saturated heterocycles. The summed E-state index contributed by atoms with van der Waals surface area (Å²) in [6, 6.07) is -4.11. The molecule has 0 aliphatic heterocycles. The maximum atomic E-state index is 14.7. The van der Waals surface area contributed by atoms with Crippen molar-refractivity contribution in [1.82, 2.24) is 37.2 Å². The molecule has 0 saturated carbocycles. The van der Waals surface area contributed by atoms with E-state index in [-0.39, 0.29) is 89.0 Å². The molecule has 0 rings (SSSR count). The Morgan fingerprint density at radius 1 is 0.392 bits per heavy atom. The van der Waals surface area contributed by atoms with Crippen LogP contribution < -0.4 is 48.7 Å². The summed E-state index contributed by atoms with van der Waals surface area (Å²) in [4.78, 5) is 196. The van der Waals surface area contributed by atoms with Gasteiger partial charge in [-0.15, -0.1) is 0 Å². The lowest BCUT2D eigenvalue weighted by Crippen LogP contribution is -2.48. The van der Waals surface area contributed by atoms with E-state index < -0.39 is 184 Å². The number of nitrogens with one attached hydrogen (secondary N) is 7. The Labute approximate surface area is 574 Å². The Hall–Kier alpha value is -7.93. The molecule has 552 valence electrons. The molecule has 0 aliphatic carbocycles. The van der Waals surface area contributed by atoms with Crippen molar-refractivity contribution in [3.8, 4) is 0 Å². The number of nitrogens with two attached hydrogens (primary N) is 2. The third-order valence-corrected chi connectivity index (χ3v) is 13.2. The smallest absolute Gasteiger partial charge is 0.414 e. The lowest BCUT2D eigenvalue weighted by Gasteiger charge is -2.26. The summed E-state index contributed by atoms with van der Waals surface area (Å²) in [5.41, 5.74) is 5.85. The van der Waals surface area contributed by atoms with Gasteiger partial charge in [0.05, 0.1) is 18.1 Å². The van der Waals surface area contributed by atoms with Crippen molar-refractivity contribution in [2.75, 3.05) is 25.1 Å². The number of Topliss-reactive ketones (excluding diaryl/α,β-unsaturated/α-hetero) is 3. The molecule has 0 fully saturated rings. The quantitative estimate of drug-likeness (QED) is 0.0110. The third kappa shape index (κ3) is 46.0. The summed E-state index contributed by atoms with van der Waals surface area (Å²) in [6.07, 6.45) is -6.33. The molecule has 0 aromatic heterocycles. The van der Waals surface area contributed by atoms with Crippen LogP contribution in [0.25, 0.3) is 0 Å². The molecular weight excluding hydrogens is 1290 g/mol. The van der Waals surface area contributed by atoms with E-state index in [2.05, 4.69) is 47.2 Å². The Bertz CT molecular complexity index is 2720. The van der Waals surface area contributed by atoms with Crippen molar-refractivity contribution in [3.63, 3.8) is 0 Å². The number of thioether (sulfide) groups is 1. The largest absolute Gasteiger partial charge is 0.460 e. The first-order valence-corrected chi connectivity index (χ1v) is 33.7. The number of hydrogen-bond donors (Lipinski definition) is 9. The van der Waals surface area contributed by atoms with Crippen molar-refractivity contribution in [3.05, 3.63) is 0 Å². The van der Waals surface area contributed by atoms with Crippen LogP contribution in [0.5, 0.6) is 0 Å². The number of ketones is 3. The number of ether oxygens (including phenoxy) is 6. The number of carbonyl (C=O) groups excluding carboxylic acids is 14. The predicted molar refractivity (Wildman–Crippen MR) is 362 cm³/mol. The van der Waals surface area contributed by atoms with E-state index in [1.807, 2.05) is 0 Å². The second kappa shape index (κ2) is 41.4. The van der Waals surface area contributed by atoms with Crippen LogP contribution in [-0.4, -0.2) is 172 Å². The van der Waals surface area contributed by atoms with Gasteiger partial charge in [-0.25, -0.2) is 19.2 Å². The maximum absolute atomic E-state index is 14.7. The van der Waals surface area contributed by atoms with Gasteiger partial charge in [-0.05, 0) is 188 Å². The zero-order valence-corrected chi connectivity index (χ0v) is 61.4. The fraction of sp³-hybridized carbons (Fsp3) is 0.754. The molecule has 0 aliphatic rings. The van der Waals surface area contributed by atoms with Crippen molar-refractivity contribution in [2.24, 2.45) is 39.2 Å². The first kappa shape index (κ1) is 89.1. The molecule has 0 bridgehead atoms. The summed E-state index contributed by atoms with van der Waals surface area (Å²) in [6.45, 7) is 29.9. The van der Waals surface area contributed by atoms with Crippen molar-refractivity contribution < 1.29 is 95.5 Å². The summed E-state index contributed by atoms with van der Waals surface area (Å²) in [7, 11) is 0. The fourth-order valence-electron chi connectivity index (χ4n) is 8.65. The van der Waals surface area contributed by atoms with Crippen LogP contribution >= 0.6 is 11.8 Å². The standard InChI is InChI=1S/C65H111N11O20S/c1-38(77)70-43(27-30-50(83)92-61(5,6)7)46(79)37-41(26-29-49(82)91-60(2,3)4)53(86)72-44(31-34-97-20)47(80)36-40(25-28-48(66)81)52(85)71-42(24-22-33-69-55(75-58(89)95-64(14,15)16)76-59(90)96-65(17,18)19)45(78)35-39(51(67)84)23-21-32-68-54(73-56(87)93-62(8,9)10)74-57(88)94-63(11,12)13/h39-44H,21-37H2,1-20H3,(H2,66,81)(H2,67,84)(H,70,77)(H,71,85)(H,72,86)(H2,68,73,74,87,88)(H2,69,75,76,89,90)/t39-,40-,41-,42+,43+,44+/m1/s1. The van der Waals surface area contributed by atoms with Gasteiger partial charge in [0, 0.05) is 76.3 Å². The van der Waals surface area contributed by atoms with E-state index in [0.717, 1.165) is 6.92 Å². The molecular formula is C65H111N11O20S. The number of alkyl carbamates (subject to hydrolysis) is 4. The predicted octanol–water partition coefficient (Wildman–Crippen LogP) is 6.31. The zero-order valence-electron chi connectivity index (χ0n) is 60.6. The van der Waals surface area contributed by atoms with E-state index in [1.54, 1.807) is 131 Å². The Morgan fingerprint density at radius 2 is 0.701 bits per heavy atom. The van der Waals surface area contributed by atoms with Crippen LogP contribution in [-0.2, 0) is 76.4 Å². The van der Waals surface area contributed by atoms with Crippen molar-refractivity contribution >= 4 is 107 Å². The van der Waals surface area contributed by atoms with Crippen LogP contribution in [0.15, 0.2) is 9.98 Å². The highest BCUT2D eigenvalue weighted by Crippen LogP contribution is 2.23. The summed E-state index contributed by atoms with van der Waals surface area (Å²) >= 11 is 1.31. The molecule has 0 aromatic carbocycles. The molecule has 9 amide bonds. The van der Waals surface area contributed by atoms with Gasteiger partial charge in [-0.3, -0.25) is 79.2 Å². The minimum atomic E-state index is -1.49. The van der Waals surface area contributed by atoms with Gasteiger partial charge in [0.25, 0.3) is 0 Å². The van der Waals surface area contributed by atoms with Gasteiger partial charge in [0.1, 0.15) is 33.6 Å². The molecule has 6 atom stereocenters. The fourth-order valence-corrected chi connectivity index (χ4v) is 9.12. The molecule has 31 nitrogen and oxygen atoms in total. The first-order valence-electron chi connectivity index (χ1n) is 32.3. The number of amides is 9. The normalized spacial score (nSPS) is 13.7. The van der Waals surface area contributed by atoms with Crippen molar-refractivity contribution in [2.45, 2.75) is 273 Å². The van der Waals surface area contributed by atoms with Gasteiger partial charge < -0.3 is 55.8 Å².